The first-order valence-corrected chi connectivity index (χ1v) is 7.66. The molecule has 0 spiro atoms. The van der Waals surface area contributed by atoms with Crippen molar-refractivity contribution in [3.8, 4) is 17.1 Å². The summed E-state index contributed by atoms with van der Waals surface area (Å²) < 4.78 is 56.7. The van der Waals surface area contributed by atoms with E-state index in [4.69, 9.17) is 4.84 Å². The molecule has 1 fully saturated rings. The lowest BCUT2D eigenvalue weighted by Crippen LogP contribution is -2.33. The standard InChI is InChI=1S/C13H12F4N4O2S/c14-9-5-7(11-19-12(23-21-11)13(15,16)24-17)1-2-10(9)22-20-8-3-4-18-6-8/h1-2,5,8,18,20H,3-4,6H2. The van der Waals surface area contributed by atoms with E-state index in [1.54, 1.807) is 0 Å². The van der Waals surface area contributed by atoms with Crippen molar-refractivity contribution >= 4 is 12.1 Å². The maximum atomic E-state index is 14.0. The first kappa shape index (κ1) is 17.0. The lowest BCUT2D eigenvalue weighted by Gasteiger charge is -2.12. The van der Waals surface area contributed by atoms with Gasteiger partial charge in [0.2, 0.25) is 5.82 Å². The molecule has 1 atom stereocenters. The molecule has 1 saturated heterocycles. The molecule has 2 aromatic rings. The van der Waals surface area contributed by atoms with Gasteiger partial charge >= 0.3 is 11.1 Å². The van der Waals surface area contributed by atoms with E-state index in [1.807, 2.05) is 0 Å². The molecule has 11 heteroatoms. The third-order valence-electron chi connectivity index (χ3n) is 3.36. The third-order valence-corrected chi connectivity index (χ3v) is 3.73. The van der Waals surface area contributed by atoms with Crippen LogP contribution in [0.5, 0.6) is 5.75 Å². The topological polar surface area (TPSA) is 72.2 Å². The summed E-state index contributed by atoms with van der Waals surface area (Å²) in [5.41, 5.74) is 2.83. The number of halogens is 4. The molecule has 0 radical (unpaired) electrons. The Kier molecular flexibility index (Phi) is 4.92. The van der Waals surface area contributed by atoms with Crippen LogP contribution in [0.15, 0.2) is 22.7 Å². The minimum absolute atomic E-state index is 0.0565. The molecule has 0 saturated carbocycles. The van der Waals surface area contributed by atoms with Crippen LogP contribution in [-0.4, -0.2) is 29.3 Å². The Hall–Kier alpha value is -1.85. The Morgan fingerprint density at radius 1 is 1.42 bits per heavy atom. The number of hydrogen-bond acceptors (Lipinski definition) is 7. The molecule has 24 heavy (non-hydrogen) atoms. The van der Waals surface area contributed by atoms with E-state index < -0.39 is 29.1 Å². The highest BCUT2D eigenvalue weighted by atomic mass is 32.2. The summed E-state index contributed by atoms with van der Waals surface area (Å²) in [6.07, 6.45) is 0.853. The number of alkyl halides is 2. The number of hydrogen-bond donors (Lipinski definition) is 2. The fraction of sp³-hybridized carbons (Fsp3) is 0.385. The maximum Gasteiger partial charge on any atom is 0.399 e. The summed E-state index contributed by atoms with van der Waals surface area (Å²) in [4.78, 5) is 8.57. The van der Waals surface area contributed by atoms with Gasteiger partial charge in [-0.15, -0.1) is 0 Å². The van der Waals surface area contributed by atoms with Crippen LogP contribution in [-0.2, 0) is 5.25 Å². The highest BCUT2D eigenvalue weighted by Gasteiger charge is 2.41. The van der Waals surface area contributed by atoms with Gasteiger partial charge in [0.05, 0.1) is 6.04 Å². The number of benzene rings is 1. The van der Waals surface area contributed by atoms with Crippen molar-refractivity contribution in [2.45, 2.75) is 17.7 Å². The number of nitrogens with one attached hydrogen (secondary N) is 2. The Labute approximate surface area is 138 Å². The molecule has 2 heterocycles. The van der Waals surface area contributed by atoms with Gasteiger partial charge in [0.1, 0.15) is 12.1 Å². The Morgan fingerprint density at radius 3 is 2.92 bits per heavy atom. The number of aromatic nitrogens is 2. The predicted molar refractivity (Wildman–Crippen MR) is 77.3 cm³/mol. The molecule has 0 aliphatic carbocycles. The molecule has 1 aromatic heterocycles. The van der Waals surface area contributed by atoms with E-state index in [0.717, 1.165) is 19.0 Å². The normalized spacial score (nSPS) is 18.1. The smallest absolute Gasteiger partial charge is 0.399 e. The second-order valence-electron chi connectivity index (χ2n) is 5.07. The fourth-order valence-corrected chi connectivity index (χ4v) is 2.27. The molecule has 130 valence electrons. The molecule has 0 amide bonds. The zero-order valence-corrected chi connectivity index (χ0v) is 12.9. The minimum Gasteiger partial charge on any atom is -0.405 e. The van der Waals surface area contributed by atoms with Crippen LogP contribution in [0.1, 0.15) is 12.3 Å². The van der Waals surface area contributed by atoms with Crippen molar-refractivity contribution < 1.29 is 26.4 Å². The highest BCUT2D eigenvalue weighted by molar-refractivity contribution is 7.94. The van der Waals surface area contributed by atoms with Crippen molar-refractivity contribution in [2.75, 3.05) is 13.1 Å². The molecule has 0 bridgehead atoms. The number of hydroxylamine groups is 1. The van der Waals surface area contributed by atoms with Crippen LogP contribution in [0, 0.1) is 5.82 Å². The predicted octanol–water partition coefficient (Wildman–Crippen LogP) is 2.79. The molecule has 1 unspecified atom stereocenters. The largest absolute Gasteiger partial charge is 0.405 e. The van der Waals surface area contributed by atoms with Crippen LogP contribution in [0.4, 0.5) is 17.1 Å². The van der Waals surface area contributed by atoms with E-state index in [1.165, 1.54) is 12.1 Å². The van der Waals surface area contributed by atoms with Crippen molar-refractivity contribution in [1.82, 2.24) is 20.9 Å². The first-order chi connectivity index (χ1) is 11.5. The average molecular weight is 364 g/mol. The zero-order valence-electron chi connectivity index (χ0n) is 12.1. The van der Waals surface area contributed by atoms with E-state index in [2.05, 4.69) is 25.5 Å². The molecule has 3 rings (SSSR count). The van der Waals surface area contributed by atoms with Gasteiger partial charge in [0, 0.05) is 12.1 Å². The van der Waals surface area contributed by atoms with E-state index >= 15 is 0 Å². The average Bonchev–Trinajstić information content (AvgIpc) is 3.25. The Balaban J connectivity index is 1.72. The zero-order chi connectivity index (χ0) is 17.2. The minimum atomic E-state index is -3.95. The third kappa shape index (κ3) is 3.62. The van der Waals surface area contributed by atoms with Crippen molar-refractivity contribution in [2.24, 2.45) is 0 Å². The number of nitrogens with zero attached hydrogens (tertiary/aromatic N) is 2. The second kappa shape index (κ2) is 6.95. The SMILES string of the molecule is FSC(F)(F)c1nc(-c2ccc(ONC3CCNC3)c(F)c2)no1. The van der Waals surface area contributed by atoms with Crippen LogP contribution in [0.3, 0.4) is 0 Å². The van der Waals surface area contributed by atoms with Gasteiger partial charge in [0.15, 0.2) is 11.6 Å². The van der Waals surface area contributed by atoms with Gasteiger partial charge in [-0.2, -0.15) is 23.1 Å². The Bertz CT molecular complexity index is 709. The van der Waals surface area contributed by atoms with Crippen molar-refractivity contribution in [3.63, 3.8) is 0 Å². The van der Waals surface area contributed by atoms with Crippen LogP contribution in [0.2, 0.25) is 0 Å². The van der Waals surface area contributed by atoms with Crippen LogP contribution < -0.4 is 15.6 Å². The van der Waals surface area contributed by atoms with Gasteiger partial charge in [0.25, 0.3) is 0 Å². The summed E-state index contributed by atoms with van der Waals surface area (Å²) in [5.74, 6) is -2.26. The number of rotatable bonds is 6. The van der Waals surface area contributed by atoms with Crippen LogP contribution in [0.25, 0.3) is 11.4 Å². The Morgan fingerprint density at radius 2 is 2.25 bits per heavy atom. The van der Waals surface area contributed by atoms with E-state index in [-0.39, 0.29) is 23.2 Å². The summed E-state index contributed by atoms with van der Waals surface area (Å²) in [7, 11) is 0. The van der Waals surface area contributed by atoms with Gasteiger partial charge in [-0.25, -0.2) is 4.39 Å². The molecule has 1 aliphatic rings. The summed E-state index contributed by atoms with van der Waals surface area (Å²) >= 11 is -1.22. The first-order valence-electron chi connectivity index (χ1n) is 6.94. The summed E-state index contributed by atoms with van der Waals surface area (Å²) in [6, 6.07) is 3.77. The quantitative estimate of drug-likeness (QED) is 0.603. The van der Waals surface area contributed by atoms with Gasteiger partial charge < -0.3 is 14.7 Å². The summed E-state index contributed by atoms with van der Waals surface area (Å²) in [6.45, 7) is 1.57. The van der Waals surface area contributed by atoms with Gasteiger partial charge in [-0.1, -0.05) is 5.16 Å². The van der Waals surface area contributed by atoms with Gasteiger partial charge in [-0.05, 0) is 31.2 Å². The molecular formula is C13H12F4N4O2S. The maximum absolute atomic E-state index is 14.0. The summed E-state index contributed by atoms with van der Waals surface area (Å²) in [5, 5.41) is 2.47. The monoisotopic (exact) mass is 364 g/mol. The van der Waals surface area contributed by atoms with Crippen molar-refractivity contribution in [1.29, 1.82) is 0 Å². The lowest BCUT2D eigenvalue weighted by molar-refractivity contribution is 0.0610. The van der Waals surface area contributed by atoms with Gasteiger partial charge in [-0.3, -0.25) is 0 Å². The molecule has 1 aromatic carbocycles. The van der Waals surface area contributed by atoms with E-state index in [9.17, 15) is 17.1 Å². The molecule has 6 nitrogen and oxygen atoms in total. The lowest BCUT2D eigenvalue weighted by atomic mass is 10.2. The second-order valence-corrected chi connectivity index (χ2v) is 5.74. The molecule has 1 aliphatic heterocycles. The molecule has 2 N–H and O–H groups in total. The molecular weight excluding hydrogens is 352 g/mol. The van der Waals surface area contributed by atoms with Crippen LogP contribution >= 0.6 is 12.1 Å². The highest BCUT2D eigenvalue weighted by Crippen LogP contribution is 2.40. The van der Waals surface area contributed by atoms with Crippen molar-refractivity contribution in [3.05, 3.63) is 29.9 Å². The van der Waals surface area contributed by atoms with E-state index in [0.29, 0.717) is 6.54 Å². The fourth-order valence-electron chi connectivity index (χ4n) is 2.12.